The number of nitrogens with one attached hydrogen (secondary N) is 1. The highest BCUT2D eigenvalue weighted by molar-refractivity contribution is 7.99. The summed E-state index contributed by atoms with van der Waals surface area (Å²) in [6.07, 6.45) is 0.843. The first kappa shape index (κ1) is 21.5. The van der Waals surface area contributed by atoms with Crippen molar-refractivity contribution in [2.75, 3.05) is 24.8 Å². The standard InChI is InChI=1S/C21H25N3O3S2/c1-5-15-8-6-7-9-16(15)22-17(25)12-28-21-23-19-18(13(2)14(3)29-19)20(26)24(21)10-11-27-4/h6-9H,5,10-12H2,1-4H3,(H,22,25). The lowest BCUT2D eigenvalue weighted by molar-refractivity contribution is -0.113. The van der Waals surface area contributed by atoms with E-state index >= 15 is 0 Å². The van der Waals surface area contributed by atoms with Gasteiger partial charge >= 0.3 is 0 Å². The molecule has 0 fully saturated rings. The number of methoxy groups -OCH3 is 1. The molecule has 2 aromatic heterocycles. The lowest BCUT2D eigenvalue weighted by atomic mass is 10.1. The lowest BCUT2D eigenvalue weighted by Crippen LogP contribution is -2.26. The molecule has 1 aromatic carbocycles. The predicted molar refractivity (Wildman–Crippen MR) is 120 cm³/mol. The predicted octanol–water partition coefficient (Wildman–Crippen LogP) is 4.01. The van der Waals surface area contributed by atoms with Crippen molar-refractivity contribution in [2.45, 2.75) is 38.9 Å². The van der Waals surface area contributed by atoms with Crippen molar-refractivity contribution in [1.29, 1.82) is 0 Å². The number of hydrogen-bond acceptors (Lipinski definition) is 6. The fourth-order valence-corrected chi connectivity index (χ4v) is 4.96. The average Bonchev–Trinajstić information content (AvgIpc) is 3.00. The number of benzene rings is 1. The summed E-state index contributed by atoms with van der Waals surface area (Å²) >= 11 is 2.79. The molecule has 1 amide bonds. The van der Waals surface area contributed by atoms with Gasteiger partial charge in [0.1, 0.15) is 4.83 Å². The van der Waals surface area contributed by atoms with Crippen molar-refractivity contribution < 1.29 is 9.53 Å². The number of rotatable bonds is 8. The van der Waals surface area contributed by atoms with Crippen molar-refractivity contribution in [3.63, 3.8) is 0 Å². The minimum atomic E-state index is -0.123. The van der Waals surface area contributed by atoms with E-state index in [0.717, 1.165) is 32.9 Å². The molecule has 29 heavy (non-hydrogen) atoms. The van der Waals surface area contributed by atoms with Crippen LogP contribution in [0.4, 0.5) is 5.69 Å². The van der Waals surface area contributed by atoms with Gasteiger partial charge in [-0.1, -0.05) is 36.9 Å². The molecule has 0 atom stereocenters. The molecular weight excluding hydrogens is 406 g/mol. The van der Waals surface area contributed by atoms with E-state index in [1.807, 2.05) is 38.1 Å². The number of fused-ring (bicyclic) bond motifs is 1. The maximum Gasteiger partial charge on any atom is 0.263 e. The smallest absolute Gasteiger partial charge is 0.263 e. The molecule has 154 valence electrons. The van der Waals surface area contributed by atoms with Crippen molar-refractivity contribution in [2.24, 2.45) is 0 Å². The zero-order valence-corrected chi connectivity index (χ0v) is 18.7. The average molecular weight is 432 g/mol. The Bertz CT molecular complexity index is 1090. The fourth-order valence-electron chi connectivity index (χ4n) is 3.07. The van der Waals surface area contributed by atoms with E-state index in [4.69, 9.17) is 9.72 Å². The molecule has 0 aliphatic heterocycles. The zero-order valence-electron chi connectivity index (χ0n) is 17.1. The van der Waals surface area contributed by atoms with Gasteiger partial charge < -0.3 is 10.1 Å². The Labute approximate surface area is 178 Å². The molecular formula is C21H25N3O3S2. The highest BCUT2D eigenvalue weighted by atomic mass is 32.2. The van der Waals surface area contributed by atoms with Gasteiger partial charge in [0.25, 0.3) is 5.56 Å². The van der Waals surface area contributed by atoms with Crippen LogP contribution in [0.25, 0.3) is 10.2 Å². The molecule has 0 bridgehead atoms. The molecule has 8 heteroatoms. The van der Waals surface area contributed by atoms with E-state index in [9.17, 15) is 9.59 Å². The SMILES string of the molecule is CCc1ccccc1NC(=O)CSc1nc2sc(C)c(C)c2c(=O)n1CCOC. The number of ether oxygens (including phenoxy) is 1. The van der Waals surface area contributed by atoms with Gasteiger partial charge in [-0.15, -0.1) is 11.3 Å². The second-order valence-electron chi connectivity index (χ2n) is 6.65. The van der Waals surface area contributed by atoms with Gasteiger partial charge in [0.05, 0.1) is 24.3 Å². The summed E-state index contributed by atoms with van der Waals surface area (Å²) in [6.45, 7) is 6.79. The molecule has 3 rings (SSSR count). The Kier molecular flexibility index (Phi) is 7.10. The van der Waals surface area contributed by atoms with E-state index in [-0.39, 0.29) is 17.2 Å². The van der Waals surface area contributed by atoms with Crippen LogP contribution in [0, 0.1) is 13.8 Å². The second-order valence-corrected chi connectivity index (χ2v) is 8.80. The summed E-state index contributed by atoms with van der Waals surface area (Å²) in [6, 6.07) is 7.77. The van der Waals surface area contributed by atoms with Crippen molar-refractivity contribution in [3.05, 3.63) is 50.6 Å². The van der Waals surface area contributed by atoms with Gasteiger partial charge in [0.15, 0.2) is 5.16 Å². The molecule has 3 aromatic rings. The largest absolute Gasteiger partial charge is 0.383 e. The number of para-hydroxylation sites is 1. The van der Waals surface area contributed by atoms with Crippen LogP contribution in [0.15, 0.2) is 34.2 Å². The maximum absolute atomic E-state index is 13.1. The minimum Gasteiger partial charge on any atom is -0.383 e. The first-order valence-electron chi connectivity index (χ1n) is 9.46. The third kappa shape index (κ3) is 4.71. The molecule has 0 aliphatic rings. The molecule has 0 spiro atoms. The summed E-state index contributed by atoms with van der Waals surface area (Å²) < 4.78 is 6.77. The Hall–Kier alpha value is -2.16. The number of aryl methyl sites for hydroxylation is 3. The van der Waals surface area contributed by atoms with Gasteiger partial charge in [0, 0.05) is 17.7 Å². The van der Waals surface area contributed by atoms with Crippen LogP contribution < -0.4 is 10.9 Å². The molecule has 6 nitrogen and oxygen atoms in total. The molecule has 0 saturated heterocycles. The van der Waals surface area contributed by atoms with Crippen LogP contribution in [0.5, 0.6) is 0 Å². The number of thioether (sulfide) groups is 1. The Morgan fingerprint density at radius 2 is 2.07 bits per heavy atom. The number of nitrogens with zero attached hydrogens (tertiary/aromatic N) is 2. The quantitative estimate of drug-likeness (QED) is 0.431. The third-order valence-electron chi connectivity index (χ3n) is 4.78. The highest BCUT2D eigenvalue weighted by Gasteiger charge is 2.18. The van der Waals surface area contributed by atoms with Gasteiger partial charge in [-0.25, -0.2) is 4.98 Å². The number of carbonyl (C=O) groups excluding carboxylic acids is 1. The first-order chi connectivity index (χ1) is 14.0. The van der Waals surface area contributed by atoms with E-state index in [0.29, 0.717) is 23.7 Å². The first-order valence-corrected chi connectivity index (χ1v) is 11.3. The molecule has 0 unspecified atom stereocenters. The fraction of sp³-hybridized carbons (Fsp3) is 0.381. The molecule has 0 saturated carbocycles. The summed E-state index contributed by atoms with van der Waals surface area (Å²) in [5, 5.41) is 4.17. The molecule has 2 heterocycles. The van der Waals surface area contributed by atoms with Gasteiger partial charge in [0.2, 0.25) is 5.91 Å². The van der Waals surface area contributed by atoms with E-state index in [2.05, 4.69) is 12.2 Å². The molecule has 0 radical (unpaired) electrons. The van der Waals surface area contributed by atoms with Gasteiger partial charge in [-0.05, 0) is 37.5 Å². The second kappa shape index (κ2) is 9.56. The van der Waals surface area contributed by atoms with Crippen LogP contribution in [0.2, 0.25) is 0 Å². The number of amides is 1. The van der Waals surface area contributed by atoms with Crippen molar-refractivity contribution in [3.8, 4) is 0 Å². The Morgan fingerprint density at radius 3 is 2.79 bits per heavy atom. The zero-order chi connectivity index (χ0) is 21.0. The maximum atomic E-state index is 13.1. The van der Waals surface area contributed by atoms with Crippen LogP contribution in [0.1, 0.15) is 22.9 Å². The van der Waals surface area contributed by atoms with E-state index in [1.54, 1.807) is 11.7 Å². The monoisotopic (exact) mass is 431 g/mol. The van der Waals surface area contributed by atoms with Crippen LogP contribution in [0.3, 0.4) is 0 Å². The highest BCUT2D eigenvalue weighted by Crippen LogP contribution is 2.28. The molecule has 0 aliphatic carbocycles. The molecule has 1 N–H and O–H groups in total. The third-order valence-corrected chi connectivity index (χ3v) is 6.86. The van der Waals surface area contributed by atoms with Crippen LogP contribution in [-0.2, 0) is 22.5 Å². The van der Waals surface area contributed by atoms with Crippen LogP contribution >= 0.6 is 23.1 Å². The number of hydrogen-bond donors (Lipinski definition) is 1. The Morgan fingerprint density at radius 1 is 1.31 bits per heavy atom. The Balaban J connectivity index is 1.84. The van der Waals surface area contributed by atoms with Gasteiger partial charge in [-0.3, -0.25) is 14.2 Å². The lowest BCUT2D eigenvalue weighted by Gasteiger charge is -2.12. The summed E-state index contributed by atoms with van der Waals surface area (Å²) in [4.78, 5) is 32.1. The van der Waals surface area contributed by atoms with Gasteiger partial charge in [-0.2, -0.15) is 0 Å². The number of anilines is 1. The number of thiophene rings is 1. The van der Waals surface area contributed by atoms with Crippen LogP contribution in [-0.4, -0.2) is 34.9 Å². The number of aromatic nitrogens is 2. The summed E-state index contributed by atoms with van der Waals surface area (Å²) in [7, 11) is 1.60. The van der Waals surface area contributed by atoms with Crippen molar-refractivity contribution >= 4 is 44.9 Å². The van der Waals surface area contributed by atoms with E-state index < -0.39 is 0 Å². The number of carbonyl (C=O) groups is 1. The topological polar surface area (TPSA) is 73.2 Å². The minimum absolute atomic E-state index is 0.0758. The summed E-state index contributed by atoms with van der Waals surface area (Å²) in [5.74, 6) is 0.0499. The summed E-state index contributed by atoms with van der Waals surface area (Å²) in [5.41, 5.74) is 2.81. The van der Waals surface area contributed by atoms with E-state index in [1.165, 1.54) is 23.1 Å². The van der Waals surface area contributed by atoms with Crippen molar-refractivity contribution in [1.82, 2.24) is 9.55 Å². The normalized spacial score (nSPS) is 11.2.